The van der Waals surface area contributed by atoms with Gasteiger partial charge in [-0.05, 0) is 50.7 Å². The van der Waals surface area contributed by atoms with E-state index < -0.39 is 0 Å². The zero-order chi connectivity index (χ0) is 21.6. The monoisotopic (exact) mass is 409 g/mol. The molecule has 0 atom stereocenters. The average Bonchev–Trinajstić information content (AvgIpc) is 2.67. The van der Waals surface area contributed by atoms with Gasteiger partial charge >= 0.3 is 0 Å². The molecule has 0 saturated heterocycles. The molecule has 0 radical (unpaired) electrons. The van der Waals surface area contributed by atoms with Gasteiger partial charge in [0.25, 0.3) is 0 Å². The predicted octanol–water partition coefficient (Wildman–Crippen LogP) is 9.64. The van der Waals surface area contributed by atoms with Crippen LogP contribution >= 0.6 is 0 Å². The van der Waals surface area contributed by atoms with Crippen LogP contribution in [0.1, 0.15) is 150 Å². The highest BCUT2D eigenvalue weighted by molar-refractivity contribution is 4.61. The van der Waals surface area contributed by atoms with Gasteiger partial charge in [-0.3, -0.25) is 0 Å². The molecule has 0 rings (SSSR count). The van der Waals surface area contributed by atoms with Crippen LogP contribution in [0.2, 0.25) is 0 Å². The summed E-state index contributed by atoms with van der Waals surface area (Å²) in [4.78, 5) is 2.81. The molecule has 0 aliphatic rings. The van der Waals surface area contributed by atoms with E-state index in [1.807, 2.05) is 0 Å². The second-order valence-corrected chi connectivity index (χ2v) is 10.5. The second-order valence-electron chi connectivity index (χ2n) is 10.5. The lowest BCUT2D eigenvalue weighted by molar-refractivity contribution is 0.254. The molecule has 0 spiro atoms. The third-order valence-electron chi connectivity index (χ3n) is 6.34. The maximum Gasteiger partial charge on any atom is -0.00187 e. The van der Waals surface area contributed by atoms with Crippen LogP contribution in [-0.2, 0) is 0 Å². The first-order valence-electron chi connectivity index (χ1n) is 13.8. The normalized spacial score (nSPS) is 12.0. The Balaban J connectivity index is 3.84. The molecular formula is C28H59N. The van der Waals surface area contributed by atoms with Crippen LogP contribution in [-0.4, -0.2) is 24.5 Å². The fraction of sp³-hybridized carbons (Fsp3) is 1.00. The molecule has 0 N–H and O–H groups in total. The maximum absolute atomic E-state index is 2.81. The molecular weight excluding hydrogens is 350 g/mol. The zero-order valence-corrected chi connectivity index (χ0v) is 21.5. The third-order valence-corrected chi connectivity index (χ3v) is 6.34. The molecule has 0 heterocycles. The van der Waals surface area contributed by atoms with Crippen LogP contribution in [0.4, 0.5) is 0 Å². The summed E-state index contributed by atoms with van der Waals surface area (Å²) >= 11 is 0. The first kappa shape index (κ1) is 29.0. The standard InChI is InChI=1S/C28H59N/c1-6-7-8-9-14-19-24-29(25-20-15-10-12-17-22-27(2)3)26-21-16-11-13-18-23-28(4)5/h27-28H,6-26H2,1-5H3. The minimum atomic E-state index is 0.883. The van der Waals surface area contributed by atoms with Crippen molar-refractivity contribution < 1.29 is 0 Å². The molecule has 29 heavy (non-hydrogen) atoms. The highest BCUT2D eigenvalue weighted by atomic mass is 15.1. The van der Waals surface area contributed by atoms with Gasteiger partial charge in [-0.1, -0.05) is 131 Å². The van der Waals surface area contributed by atoms with Crippen molar-refractivity contribution in [2.75, 3.05) is 19.6 Å². The molecule has 176 valence electrons. The van der Waals surface area contributed by atoms with Crippen molar-refractivity contribution in [3.05, 3.63) is 0 Å². The highest BCUT2D eigenvalue weighted by Gasteiger charge is 2.05. The minimum Gasteiger partial charge on any atom is -0.303 e. The fourth-order valence-corrected chi connectivity index (χ4v) is 4.29. The molecule has 0 unspecified atom stereocenters. The van der Waals surface area contributed by atoms with E-state index in [4.69, 9.17) is 0 Å². The molecule has 0 fully saturated rings. The van der Waals surface area contributed by atoms with Gasteiger partial charge in [-0.25, -0.2) is 0 Å². The smallest absolute Gasteiger partial charge is 0.00187 e. The Labute approximate surface area is 186 Å². The van der Waals surface area contributed by atoms with Gasteiger partial charge in [-0.15, -0.1) is 0 Å². The van der Waals surface area contributed by atoms with E-state index in [2.05, 4.69) is 39.5 Å². The Morgan fingerprint density at radius 2 is 0.724 bits per heavy atom. The van der Waals surface area contributed by atoms with Crippen LogP contribution in [0.3, 0.4) is 0 Å². The first-order valence-corrected chi connectivity index (χ1v) is 13.8. The first-order chi connectivity index (χ1) is 14.1. The lowest BCUT2D eigenvalue weighted by atomic mass is 10.0. The number of rotatable bonds is 23. The Bertz CT molecular complexity index is 275. The predicted molar refractivity (Wildman–Crippen MR) is 135 cm³/mol. The van der Waals surface area contributed by atoms with Crippen molar-refractivity contribution in [1.29, 1.82) is 0 Å². The van der Waals surface area contributed by atoms with E-state index in [0.717, 1.165) is 11.8 Å². The van der Waals surface area contributed by atoms with Gasteiger partial charge in [0.2, 0.25) is 0 Å². The maximum atomic E-state index is 2.81. The largest absolute Gasteiger partial charge is 0.303 e. The average molecular weight is 410 g/mol. The van der Waals surface area contributed by atoms with Crippen LogP contribution in [0.5, 0.6) is 0 Å². The summed E-state index contributed by atoms with van der Waals surface area (Å²) in [5.41, 5.74) is 0. The van der Waals surface area contributed by atoms with Gasteiger partial charge < -0.3 is 4.90 Å². The van der Waals surface area contributed by atoms with Crippen molar-refractivity contribution in [3.8, 4) is 0 Å². The number of hydrogen-bond acceptors (Lipinski definition) is 1. The second kappa shape index (κ2) is 22.6. The van der Waals surface area contributed by atoms with E-state index in [0.29, 0.717) is 0 Å². The zero-order valence-electron chi connectivity index (χ0n) is 21.5. The highest BCUT2D eigenvalue weighted by Crippen LogP contribution is 2.13. The Kier molecular flexibility index (Phi) is 22.6. The van der Waals surface area contributed by atoms with Gasteiger partial charge in [0, 0.05) is 0 Å². The lowest BCUT2D eigenvalue weighted by Gasteiger charge is -2.22. The topological polar surface area (TPSA) is 3.24 Å². The summed E-state index contributed by atoms with van der Waals surface area (Å²) in [5.74, 6) is 1.77. The van der Waals surface area contributed by atoms with Crippen LogP contribution in [0, 0.1) is 11.8 Å². The number of unbranched alkanes of at least 4 members (excludes halogenated alkanes) is 13. The summed E-state index contributed by atoms with van der Waals surface area (Å²) in [6.07, 6.45) is 25.8. The number of hydrogen-bond donors (Lipinski definition) is 0. The summed E-state index contributed by atoms with van der Waals surface area (Å²) in [7, 11) is 0. The van der Waals surface area contributed by atoms with Crippen molar-refractivity contribution in [2.45, 2.75) is 150 Å². The summed E-state index contributed by atoms with van der Waals surface area (Å²) < 4.78 is 0. The molecule has 0 aliphatic heterocycles. The van der Waals surface area contributed by atoms with Crippen molar-refractivity contribution in [2.24, 2.45) is 11.8 Å². The number of nitrogens with zero attached hydrogens (tertiary/aromatic N) is 1. The van der Waals surface area contributed by atoms with Crippen LogP contribution in [0.15, 0.2) is 0 Å². The van der Waals surface area contributed by atoms with Gasteiger partial charge in [0.1, 0.15) is 0 Å². The molecule has 1 heteroatoms. The SMILES string of the molecule is CCCCCCCCN(CCCCCCCC(C)C)CCCCCCCC(C)C. The molecule has 0 aromatic carbocycles. The molecule has 0 aromatic heterocycles. The molecule has 0 aromatic rings. The van der Waals surface area contributed by atoms with E-state index in [9.17, 15) is 0 Å². The Morgan fingerprint density at radius 1 is 0.414 bits per heavy atom. The summed E-state index contributed by atoms with van der Waals surface area (Å²) in [6, 6.07) is 0. The van der Waals surface area contributed by atoms with E-state index in [1.165, 1.54) is 135 Å². The van der Waals surface area contributed by atoms with E-state index in [1.54, 1.807) is 0 Å². The molecule has 0 aliphatic carbocycles. The summed E-state index contributed by atoms with van der Waals surface area (Å²) in [6.45, 7) is 15.8. The Morgan fingerprint density at radius 3 is 1.07 bits per heavy atom. The van der Waals surface area contributed by atoms with Crippen molar-refractivity contribution in [3.63, 3.8) is 0 Å². The summed E-state index contributed by atoms with van der Waals surface area (Å²) in [5, 5.41) is 0. The molecule has 0 saturated carbocycles. The van der Waals surface area contributed by atoms with Crippen LogP contribution < -0.4 is 0 Å². The van der Waals surface area contributed by atoms with E-state index in [-0.39, 0.29) is 0 Å². The fourth-order valence-electron chi connectivity index (χ4n) is 4.29. The molecule has 1 nitrogen and oxygen atoms in total. The lowest BCUT2D eigenvalue weighted by Crippen LogP contribution is -2.27. The minimum absolute atomic E-state index is 0.883. The van der Waals surface area contributed by atoms with Gasteiger partial charge in [0.05, 0.1) is 0 Å². The molecule has 0 bridgehead atoms. The quantitative estimate of drug-likeness (QED) is 0.152. The van der Waals surface area contributed by atoms with Crippen molar-refractivity contribution in [1.82, 2.24) is 4.90 Å². The van der Waals surface area contributed by atoms with Crippen molar-refractivity contribution >= 4 is 0 Å². The van der Waals surface area contributed by atoms with Crippen LogP contribution in [0.25, 0.3) is 0 Å². The Hall–Kier alpha value is -0.0400. The van der Waals surface area contributed by atoms with E-state index >= 15 is 0 Å². The van der Waals surface area contributed by atoms with Gasteiger partial charge in [-0.2, -0.15) is 0 Å². The third kappa shape index (κ3) is 24.1. The molecule has 0 amide bonds. The van der Waals surface area contributed by atoms with Gasteiger partial charge in [0.15, 0.2) is 0 Å².